The van der Waals surface area contributed by atoms with Gasteiger partial charge >= 0.3 is 0 Å². The average Bonchev–Trinajstić information content (AvgIpc) is 2.84. The Morgan fingerprint density at radius 1 is 1.41 bits per heavy atom. The van der Waals surface area contributed by atoms with Gasteiger partial charge in [0.25, 0.3) is 0 Å². The molecule has 1 aromatic heterocycles. The molecule has 1 fully saturated rings. The number of hydrogen-bond donors (Lipinski definition) is 3. The average molecular weight is 235 g/mol. The fourth-order valence-corrected chi connectivity index (χ4v) is 2.55. The van der Waals surface area contributed by atoms with Crippen LogP contribution in [0.1, 0.15) is 19.3 Å². The van der Waals surface area contributed by atoms with Crippen molar-refractivity contribution < 1.29 is 5.11 Å². The molecule has 1 aliphatic carbocycles. The molecule has 1 heterocycles. The summed E-state index contributed by atoms with van der Waals surface area (Å²) in [5, 5.41) is 15.7. The Morgan fingerprint density at radius 3 is 3.00 bits per heavy atom. The smallest absolute Gasteiger partial charge is 0.127 e. The molecule has 1 saturated carbocycles. The molecule has 2 atom stereocenters. The van der Waals surface area contributed by atoms with Gasteiger partial charge in [0.15, 0.2) is 0 Å². The number of nitrogens with zero attached hydrogens (tertiary/aromatic N) is 1. The molecule has 0 aliphatic heterocycles. The largest absolute Gasteiger partial charge is 0.396 e. The number of anilines is 2. The van der Waals surface area contributed by atoms with Crippen molar-refractivity contribution in [2.75, 3.05) is 30.8 Å². The second kappa shape index (κ2) is 5.87. The van der Waals surface area contributed by atoms with E-state index in [-0.39, 0.29) is 0 Å². The van der Waals surface area contributed by atoms with Crippen molar-refractivity contribution in [3.05, 3.63) is 18.3 Å². The van der Waals surface area contributed by atoms with Gasteiger partial charge in [0.2, 0.25) is 0 Å². The van der Waals surface area contributed by atoms with Crippen LogP contribution in [0.25, 0.3) is 0 Å². The molecular weight excluding hydrogens is 214 g/mol. The Morgan fingerprint density at radius 2 is 2.24 bits per heavy atom. The molecular formula is C13H21N3O. The Labute approximate surface area is 102 Å². The van der Waals surface area contributed by atoms with Crippen LogP contribution in [0, 0.1) is 11.8 Å². The van der Waals surface area contributed by atoms with Crippen molar-refractivity contribution in [3.8, 4) is 0 Å². The van der Waals surface area contributed by atoms with Crippen molar-refractivity contribution in [1.29, 1.82) is 0 Å². The third-order valence-corrected chi connectivity index (χ3v) is 3.64. The van der Waals surface area contributed by atoms with Crippen LogP contribution >= 0.6 is 0 Å². The molecule has 0 bridgehead atoms. The summed E-state index contributed by atoms with van der Waals surface area (Å²) in [6, 6.07) is 3.98. The zero-order valence-corrected chi connectivity index (χ0v) is 10.3. The van der Waals surface area contributed by atoms with Crippen LogP contribution in [0.5, 0.6) is 0 Å². The van der Waals surface area contributed by atoms with Gasteiger partial charge in [-0.05, 0) is 30.7 Å². The third kappa shape index (κ3) is 3.09. The lowest BCUT2D eigenvalue weighted by molar-refractivity contribution is 0.199. The van der Waals surface area contributed by atoms with Gasteiger partial charge in [-0.1, -0.05) is 6.42 Å². The minimum atomic E-state index is 0.324. The number of rotatable bonds is 5. The second-order valence-corrected chi connectivity index (χ2v) is 4.69. The number of pyridine rings is 1. The van der Waals surface area contributed by atoms with Gasteiger partial charge in [-0.25, -0.2) is 4.98 Å². The van der Waals surface area contributed by atoms with E-state index in [1.54, 1.807) is 6.20 Å². The van der Waals surface area contributed by atoms with Crippen LogP contribution in [0.2, 0.25) is 0 Å². The maximum absolute atomic E-state index is 9.27. The summed E-state index contributed by atoms with van der Waals surface area (Å²) >= 11 is 0. The summed E-state index contributed by atoms with van der Waals surface area (Å²) < 4.78 is 0. The predicted molar refractivity (Wildman–Crippen MR) is 70.2 cm³/mol. The standard InChI is InChI=1S/C13H21N3O/c1-14-13-7-12(5-6-15-13)16-8-10-3-2-4-11(10)9-17/h5-7,10-11,17H,2-4,8-9H2,1H3,(H2,14,15,16). The fourth-order valence-electron chi connectivity index (χ4n) is 2.55. The first-order chi connectivity index (χ1) is 8.33. The lowest BCUT2D eigenvalue weighted by Crippen LogP contribution is -2.20. The van der Waals surface area contributed by atoms with Gasteiger partial charge in [0.05, 0.1) is 0 Å². The molecule has 94 valence electrons. The van der Waals surface area contributed by atoms with Crippen molar-refractivity contribution in [2.45, 2.75) is 19.3 Å². The maximum atomic E-state index is 9.27. The highest BCUT2D eigenvalue weighted by molar-refractivity contribution is 5.51. The number of aliphatic hydroxyl groups is 1. The normalized spacial score (nSPS) is 23.6. The minimum Gasteiger partial charge on any atom is -0.396 e. The lowest BCUT2D eigenvalue weighted by Gasteiger charge is -2.18. The molecule has 4 heteroatoms. The summed E-state index contributed by atoms with van der Waals surface area (Å²) in [6.07, 6.45) is 5.44. The number of aliphatic hydroxyl groups excluding tert-OH is 1. The van der Waals surface area contributed by atoms with Crippen molar-refractivity contribution in [1.82, 2.24) is 4.98 Å². The van der Waals surface area contributed by atoms with Crippen LogP contribution in [0.4, 0.5) is 11.5 Å². The molecule has 2 rings (SSSR count). The van der Waals surface area contributed by atoms with Crippen LogP contribution in [-0.2, 0) is 0 Å². The summed E-state index contributed by atoms with van der Waals surface area (Å²) in [5.41, 5.74) is 1.09. The molecule has 0 amide bonds. The van der Waals surface area contributed by atoms with E-state index in [1.165, 1.54) is 19.3 Å². The molecule has 3 N–H and O–H groups in total. The minimum absolute atomic E-state index is 0.324. The van der Waals surface area contributed by atoms with Gasteiger partial charge < -0.3 is 15.7 Å². The SMILES string of the molecule is CNc1cc(NCC2CCCC2CO)ccn1. The summed E-state index contributed by atoms with van der Waals surface area (Å²) in [6.45, 7) is 1.27. The lowest BCUT2D eigenvalue weighted by atomic mass is 9.97. The molecule has 0 radical (unpaired) electrons. The summed E-state index contributed by atoms with van der Waals surface area (Å²) in [7, 11) is 1.87. The highest BCUT2D eigenvalue weighted by atomic mass is 16.3. The monoisotopic (exact) mass is 235 g/mol. The molecule has 1 aromatic rings. The van der Waals surface area contributed by atoms with Gasteiger partial charge in [0.1, 0.15) is 5.82 Å². The maximum Gasteiger partial charge on any atom is 0.127 e. The first-order valence-corrected chi connectivity index (χ1v) is 6.32. The topological polar surface area (TPSA) is 57.2 Å². The van der Waals surface area contributed by atoms with Gasteiger partial charge in [-0.15, -0.1) is 0 Å². The fraction of sp³-hybridized carbons (Fsp3) is 0.615. The van der Waals surface area contributed by atoms with Crippen molar-refractivity contribution in [3.63, 3.8) is 0 Å². The highest BCUT2D eigenvalue weighted by Gasteiger charge is 2.26. The zero-order chi connectivity index (χ0) is 12.1. The van der Waals surface area contributed by atoms with E-state index in [4.69, 9.17) is 0 Å². The van der Waals surface area contributed by atoms with Crippen LogP contribution in [0.15, 0.2) is 18.3 Å². The van der Waals surface area contributed by atoms with E-state index < -0.39 is 0 Å². The summed E-state index contributed by atoms with van der Waals surface area (Å²) in [4.78, 5) is 4.18. The Kier molecular flexibility index (Phi) is 4.20. The van der Waals surface area contributed by atoms with Gasteiger partial charge in [-0.2, -0.15) is 0 Å². The number of nitrogens with one attached hydrogen (secondary N) is 2. The van der Waals surface area contributed by atoms with E-state index in [2.05, 4.69) is 15.6 Å². The molecule has 17 heavy (non-hydrogen) atoms. The molecule has 1 aliphatic rings. The third-order valence-electron chi connectivity index (χ3n) is 3.64. The Hall–Kier alpha value is -1.29. The van der Waals surface area contributed by atoms with E-state index in [9.17, 15) is 5.11 Å². The highest BCUT2D eigenvalue weighted by Crippen LogP contribution is 2.31. The van der Waals surface area contributed by atoms with Gasteiger partial charge in [0, 0.05) is 38.1 Å². The van der Waals surface area contributed by atoms with Crippen molar-refractivity contribution >= 4 is 11.5 Å². The van der Waals surface area contributed by atoms with E-state index in [1.807, 2.05) is 19.2 Å². The number of hydrogen-bond acceptors (Lipinski definition) is 4. The van der Waals surface area contributed by atoms with E-state index in [0.29, 0.717) is 18.4 Å². The summed E-state index contributed by atoms with van der Waals surface area (Å²) in [5.74, 6) is 1.96. The van der Waals surface area contributed by atoms with Crippen LogP contribution in [0.3, 0.4) is 0 Å². The van der Waals surface area contributed by atoms with Crippen molar-refractivity contribution in [2.24, 2.45) is 11.8 Å². The predicted octanol–water partition coefficient (Wildman–Crippen LogP) is 1.94. The van der Waals surface area contributed by atoms with Crippen LogP contribution in [-0.4, -0.2) is 30.3 Å². The van der Waals surface area contributed by atoms with E-state index >= 15 is 0 Å². The second-order valence-electron chi connectivity index (χ2n) is 4.69. The quantitative estimate of drug-likeness (QED) is 0.730. The van der Waals surface area contributed by atoms with Crippen LogP contribution < -0.4 is 10.6 Å². The Balaban J connectivity index is 1.88. The van der Waals surface area contributed by atoms with Gasteiger partial charge in [-0.3, -0.25) is 0 Å². The first-order valence-electron chi connectivity index (χ1n) is 6.32. The molecule has 0 saturated heterocycles. The molecule has 4 nitrogen and oxygen atoms in total. The molecule has 0 spiro atoms. The zero-order valence-electron chi connectivity index (χ0n) is 10.3. The Bertz CT molecular complexity index is 356. The first kappa shape index (κ1) is 12.2. The number of aromatic nitrogens is 1. The molecule has 2 unspecified atom stereocenters. The van der Waals surface area contributed by atoms with E-state index in [0.717, 1.165) is 18.1 Å². The molecule has 0 aromatic carbocycles.